The molecule has 1 rings (SSSR count). The van der Waals surface area contributed by atoms with Crippen LogP contribution in [0.4, 0.5) is 0 Å². The summed E-state index contributed by atoms with van der Waals surface area (Å²) in [5.41, 5.74) is 0. The fraction of sp³-hybridized carbons (Fsp3) is 0.923. The number of likely N-dealkylation sites (N-methyl/N-ethyl adjacent to an activating group) is 1. The third kappa shape index (κ3) is 4.52. The zero-order chi connectivity index (χ0) is 12.7. The quantitative estimate of drug-likeness (QED) is 0.800. The van der Waals surface area contributed by atoms with E-state index in [1.165, 1.54) is 6.42 Å². The number of hydrogen-bond acceptors (Lipinski definition) is 2. The van der Waals surface area contributed by atoms with Crippen LogP contribution in [-0.4, -0.2) is 36.5 Å². The van der Waals surface area contributed by atoms with Crippen LogP contribution in [0.3, 0.4) is 0 Å². The van der Waals surface area contributed by atoms with Gasteiger partial charge in [-0.2, -0.15) is 0 Å². The number of nitrogens with zero attached hydrogens (tertiary/aromatic N) is 1. The van der Waals surface area contributed by atoms with Crippen molar-refractivity contribution in [3.05, 3.63) is 0 Å². The van der Waals surface area contributed by atoms with Crippen molar-refractivity contribution in [2.24, 2.45) is 5.92 Å². The zero-order valence-electron chi connectivity index (χ0n) is 11.7. The van der Waals surface area contributed by atoms with Gasteiger partial charge in [-0.1, -0.05) is 27.7 Å². The molecule has 0 aromatic heterocycles. The third-order valence-electron chi connectivity index (χ3n) is 3.06. The minimum absolute atomic E-state index is 0.164. The Morgan fingerprint density at radius 3 is 2.38 bits per heavy atom. The van der Waals surface area contributed by atoms with Crippen molar-refractivity contribution in [2.75, 3.05) is 13.6 Å². The molecule has 0 aromatic rings. The summed E-state index contributed by atoms with van der Waals surface area (Å²) in [6, 6.07) is 1.15. The largest absolute Gasteiger partial charge is 0.344 e. The van der Waals surface area contributed by atoms with Crippen LogP contribution in [0.5, 0.6) is 0 Å². The molecule has 3 nitrogen and oxygen atoms in total. The number of rotatable bonds is 4. The lowest BCUT2D eigenvalue weighted by Crippen LogP contribution is -2.56. The van der Waals surface area contributed by atoms with E-state index in [4.69, 9.17) is 0 Å². The maximum atomic E-state index is 11.7. The van der Waals surface area contributed by atoms with Gasteiger partial charge in [-0.25, -0.2) is 0 Å². The lowest BCUT2D eigenvalue weighted by atomic mass is 9.98. The second-order valence-electron chi connectivity index (χ2n) is 4.53. The van der Waals surface area contributed by atoms with Crippen molar-refractivity contribution < 1.29 is 4.79 Å². The van der Waals surface area contributed by atoms with Gasteiger partial charge in [-0.05, 0) is 19.8 Å². The summed E-state index contributed by atoms with van der Waals surface area (Å²) in [6.07, 6.45) is 2.12. The fourth-order valence-corrected chi connectivity index (χ4v) is 1.90. The van der Waals surface area contributed by atoms with Gasteiger partial charge in [-0.3, -0.25) is 4.79 Å². The number of hydrogen-bond donors (Lipinski definition) is 1. The maximum absolute atomic E-state index is 11.7. The van der Waals surface area contributed by atoms with E-state index in [0.29, 0.717) is 12.1 Å². The van der Waals surface area contributed by atoms with Crippen LogP contribution < -0.4 is 5.32 Å². The molecule has 0 radical (unpaired) electrons. The van der Waals surface area contributed by atoms with Gasteiger partial charge < -0.3 is 10.2 Å². The average Bonchev–Trinajstić information content (AvgIpc) is 2.27. The van der Waals surface area contributed by atoms with Crippen molar-refractivity contribution in [3.63, 3.8) is 0 Å². The van der Waals surface area contributed by atoms with Gasteiger partial charge in [0.05, 0.1) is 0 Å². The molecule has 1 amide bonds. The minimum Gasteiger partial charge on any atom is -0.344 e. The second-order valence-corrected chi connectivity index (χ2v) is 4.53. The smallest absolute Gasteiger partial charge is 0.225 e. The Hall–Kier alpha value is -0.570. The van der Waals surface area contributed by atoms with Crippen LogP contribution in [0, 0.1) is 5.92 Å². The molecule has 1 N–H and O–H groups in total. The van der Waals surface area contributed by atoms with Crippen molar-refractivity contribution in [2.45, 2.75) is 59.5 Å². The van der Waals surface area contributed by atoms with E-state index in [1.54, 1.807) is 0 Å². The molecule has 3 heteroatoms. The normalized spacial score (nSPS) is 24.9. The molecule has 0 saturated carbocycles. The molecule has 1 heterocycles. The molecule has 0 spiro atoms. The summed E-state index contributed by atoms with van der Waals surface area (Å²) in [6.45, 7) is 11.1. The van der Waals surface area contributed by atoms with Gasteiger partial charge in [0.25, 0.3) is 0 Å². The molecular weight excluding hydrogens is 200 g/mol. The Morgan fingerprint density at radius 2 is 2.00 bits per heavy atom. The van der Waals surface area contributed by atoms with E-state index in [2.05, 4.69) is 19.2 Å². The molecule has 1 aliphatic rings. The standard InChI is InChI=1S/C11H22N2O.C2H6/c1-5-8(2)11(14)13(4)7-10-6-9(3)12-10;1-2/h8-10,12H,5-7H2,1-4H3;1-2H3. The van der Waals surface area contributed by atoms with Crippen LogP contribution in [-0.2, 0) is 4.79 Å². The van der Waals surface area contributed by atoms with Crippen LogP contribution >= 0.6 is 0 Å². The summed E-state index contributed by atoms with van der Waals surface area (Å²) in [7, 11) is 1.90. The van der Waals surface area contributed by atoms with Crippen LogP contribution in [0.25, 0.3) is 0 Å². The fourth-order valence-electron chi connectivity index (χ4n) is 1.90. The van der Waals surface area contributed by atoms with Crippen molar-refractivity contribution in [1.82, 2.24) is 10.2 Å². The lowest BCUT2D eigenvalue weighted by molar-refractivity contribution is -0.134. The molecule has 1 fully saturated rings. The molecule has 0 aliphatic carbocycles. The monoisotopic (exact) mass is 228 g/mol. The molecule has 1 saturated heterocycles. The number of carbonyl (C=O) groups excluding carboxylic acids is 1. The summed E-state index contributed by atoms with van der Waals surface area (Å²) in [5.74, 6) is 0.436. The Kier molecular flexibility index (Phi) is 7.39. The van der Waals surface area contributed by atoms with Crippen molar-refractivity contribution in [1.29, 1.82) is 0 Å². The van der Waals surface area contributed by atoms with Gasteiger partial charge in [0, 0.05) is 31.6 Å². The topological polar surface area (TPSA) is 32.3 Å². The summed E-state index contributed by atoms with van der Waals surface area (Å²) in [4.78, 5) is 13.6. The van der Waals surface area contributed by atoms with Gasteiger partial charge in [0.15, 0.2) is 0 Å². The number of amides is 1. The molecule has 16 heavy (non-hydrogen) atoms. The van der Waals surface area contributed by atoms with Crippen LogP contribution in [0.2, 0.25) is 0 Å². The predicted molar refractivity (Wildman–Crippen MR) is 69.4 cm³/mol. The minimum atomic E-state index is 0.164. The number of carbonyl (C=O) groups is 1. The van der Waals surface area contributed by atoms with E-state index in [9.17, 15) is 4.79 Å². The molecule has 3 atom stereocenters. The Labute approximate surface area is 101 Å². The van der Waals surface area contributed by atoms with Gasteiger partial charge >= 0.3 is 0 Å². The molecule has 0 aromatic carbocycles. The SMILES string of the molecule is CC.CCC(C)C(=O)N(C)CC1CC(C)N1. The highest BCUT2D eigenvalue weighted by Gasteiger charge is 2.27. The first-order valence-electron chi connectivity index (χ1n) is 6.55. The highest BCUT2D eigenvalue weighted by molar-refractivity contribution is 5.78. The highest BCUT2D eigenvalue weighted by Crippen LogP contribution is 2.13. The molecule has 1 aliphatic heterocycles. The summed E-state index contributed by atoms with van der Waals surface area (Å²) < 4.78 is 0. The zero-order valence-corrected chi connectivity index (χ0v) is 11.7. The molecule has 96 valence electrons. The first kappa shape index (κ1) is 15.4. The maximum Gasteiger partial charge on any atom is 0.225 e. The molecule has 0 bridgehead atoms. The predicted octanol–water partition coefficient (Wildman–Crippen LogP) is 2.27. The second kappa shape index (κ2) is 7.66. The van der Waals surface area contributed by atoms with Gasteiger partial charge in [0.1, 0.15) is 0 Å². The average molecular weight is 228 g/mol. The summed E-state index contributed by atoms with van der Waals surface area (Å²) >= 11 is 0. The van der Waals surface area contributed by atoms with Crippen LogP contribution in [0.1, 0.15) is 47.5 Å². The first-order chi connectivity index (χ1) is 7.54. The molecular formula is C13H28N2O. The van der Waals surface area contributed by atoms with Crippen molar-refractivity contribution in [3.8, 4) is 0 Å². The number of nitrogens with one attached hydrogen (secondary N) is 1. The van der Waals surface area contributed by atoms with Crippen molar-refractivity contribution >= 4 is 5.91 Å². The van der Waals surface area contributed by atoms with Gasteiger partial charge in [-0.15, -0.1) is 0 Å². The van der Waals surface area contributed by atoms with Gasteiger partial charge in [0.2, 0.25) is 5.91 Å². The molecule has 3 unspecified atom stereocenters. The Bertz CT molecular complexity index is 200. The Balaban J connectivity index is 0.00000106. The van der Waals surface area contributed by atoms with E-state index in [0.717, 1.165) is 13.0 Å². The first-order valence-corrected chi connectivity index (χ1v) is 6.55. The Morgan fingerprint density at radius 1 is 1.50 bits per heavy atom. The third-order valence-corrected chi connectivity index (χ3v) is 3.06. The van der Waals surface area contributed by atoms with E-state index in [1.807, 2.05) is 32.7 Å². The van der Waals surface area contributed by atoms with E-state index >= 15 is 0 Å². The van der Waals surface area contributed by atoms with E-state index < -0.39 is 0 Å². The van der Waals surface area contributed by atoms with Crippen LogP contribution in [0.15, 0.2) is 0 Å². The highest BCUT2D eigenvalue weighted by atomic mass is 16.2. The van der Waals surface area contributed by atoms with E-state index in [-0.39, 0.29) is 11.8 Å². The lowest BCUT2D eigenvalue weighted by Gasteiger charge is -2.37. The summed E-state index contributed by atoms with van der Waals surface area (Å²) in [5, 5.41) is 3.39.